The van der Waals surface area contributed by atoms with Crippen molar-refractivity contribution in [2.45, 2.75) is 31.3 Å². The molecule has 3 rings (SSSR count). The van der Waals surface area contributed by atoms with Gasteiger partial charge in [-0.3, -0.25) is 0 Å². The second kappa shape index (κ2) is 2.46. The van der Waals surface area contributed by atoms with Crippen molar-refractivity contribution in [3.63, 3.8) is 0 Å². The van der Waals surface area contributed by atoms with Gasteiger partial charge in [0.15, 0.2) is 0 Å². The van der Waals surface area contributed by atoms with E-state index in [0.29, 0.717) is 0 Å². The third-order valence-electron chi connectivity index (χ3n) is 4.01. The van der Waals surface area contributed by atoms with Crippen molar-refractivity contribution >= 4 is 0 Å². The third kappa shape index (κ3) is 0.882. The van der Waals surface area contributed by atoms with Crippen molar-refractivity contribution in [3.8, 4) is 0 Å². The van der Waals surface area contributed by atoms with Gasteiger partial charge in [-0.1, -0.05) is 0 Å². The van der Waals surface area contributed by atoms with E-state index < -0.39 is 0 Å². The van der Waals surface area contributed by atoms with E-state index in [2.05, 4.69) is 5.32 Å². The topological polar surface area (TPSA) is 21.3 Å². The van der Waals surface area contributed by atoms with Crippen LogP contribution in [-0.2, 0) is 4.74 Å². The fraction of sp³-hybridized carbons (Fsp3) is 1.00. The molecule has 0 aromatic heterocycles. The van der Waals surface area contributed by atoms with Crippen LogP contribution < -0.4 is 5.32 Å². The second-order valence-electron chi connectivity index (χ2n) is 4.67. The molecule has 1 heterocycles. The number of fused-ring (bicyclic) bond motifs is 3. The summed E-state index contributed by atoms with van der Waals surface area (Å²) in [6.07, 6.45) is 5.68. The van der Waals surface area contributed by atoms with Crippen LogP contribution in [0.3, 0.4) is 0 Å². The minimum absolute atomic E-state index is 0.279. The van der Waals surface area contributed by atoms with Crippen molar-refractivity contribution in [1.82, 2.24) is 5.32 Å². The molecule has 1 spiro atoms. The molecule has 0 aromatic carbocycles. The summed E-state index contributed by atoms with van der Waals surface area (Å²) in [6, 6.07) is 0. The molecule has 2 nitrogen and oxygen atoms in total. The first-order valence-corrected chi connectivity index (χ1v) is 5.24. The quantitative estimate of drug-likeness (QED) is 0.584. The molecule has 3 fully saturated rings. The van der Waals surface area contributed by atoms with Crippen LogP contribution in [0.1, 0.15) is 25.7 Å². The summed E-state index contributed by atoms with van der Waals surface area (Å²) in [4.78, 5) is 0. The molecule has 2 heteroatoms. The van der Waals surface area contributed by atoms with Crippen LogP contribution in [0.25, 0.3) is 0 Å². The molecule has 0 unspecified atom stereocenters. The summed E-state index contributed by atoms with van der Waals surface area (Å²) in [5.41, 5.74) is 0.279. The van der Waals surface area contributed by atoms with Crippen molar-refractivity contribution in [2.75, 3.05) is 19.7 Å². The lowest BCUT2D eigenvalue weighted by atomic mass is 9.83. The van der Waals surface area contributed by atoms with Gasteiger partial charge in [-0.05, 0) is 37.5 Å². The van der Waals surface area contributed by atoms with E-state index in [1.807, 2.05) is 0 Å². The number of ether oxygens (including phenoxy) is 1. The molecule has 1 saturated heterocycles. The molecule has 68 valence electrons. The summed E-state index contributed by atoms with van der Waals surface area (Å²) in [6.45, 7) is 3.11. The van der Waals surface area contributed by atoms with Crippen LogP contribution in [0.15, 0.2) is 0 Å². The van der Waals surface area contributed by atoms with E-state index in [1.165, 1.54) is 25.7 Å². The zero-order chi connectivity index (χ0) is 8.02. The zero-order valence-corrected chi connectivity index (χ0v) is 7.51. The van der Waals surface area contributed by atoms with Gasteiger partial charge in [-0.2, -0.15) is 0 Å². The van der Waals surface area contributed by atoms with Gasteiger partial charge in [0.05, 0.1) is 12.2 Å². The molecule has 3 atom stereocenters. The fourth-order valence-corrected chi connectivity index (χ4v) is 3.46. The van der Waals surface area contributed by atoms with E-state index >= 15 is 0 Å². The maximum atomic E-state index is 6.00. The largest absolute Gasteiger partial charge is 0.372 e. The highest BCUT2D eigenvalue weighted by Crippen LogP contribution is 2.52. The van der Waals surface area contributed by atoms with Gasteiger partial charge in [0.2, 0.25) is 0 Å². The zero-order valence-electron chi connectivity index (χ0n) is 7.51. The van der Waals surface area contributed by atoms with Gasteiger partial charge in [-0.25, -0.2) is 0 Å². The van der Waals surface area contributed by atoms with Crippen molar-refractivity contribution in [2.24, 2.45) is 11.8 Å². The van der Waals surface area contributed by atoms with Gasteiger partial charge >= 0.3 is 0 Å². The first kappa shape index (κ1) is 7.34. The molecule has 0 aromatic rings. The summed E-state index contributed by atoms with van der Waals surface area (Å²) in [5.74, 6) is 1.88. The molecular weight excluding hydrogens is 150 g/mol. The molecule has 0 amide bonds. The lowest BCUT2D eigenvalue weighted by molar-refractivity contribution is -0.0999. The predicted molar refractivity (Wildman–Crippen MR) is 47.0 cm³/mol. The molecule has 1 aliphatic heterocycles. The molecule has 2 aliphatic carbocycles. The molecule has 2 bridgehead atoms. The Morgan fingerprint density at radius 2 is 2.33 bits per heavy atom. The maximum Gasteiger partial charge on any atom is 0.0837 e. The first-order chi connectivity index (χ1) is 5.89. The summed E-state index contributed by atoms with van der Waals surface area (Å²) in [5, 5.41) is 3.48. The summed E-state index contributed by atoms with van der Waals surface area (Å²) in [7, 11) is 0. The SMILES string of the molecule is C1CO[C@]2(CN1)C[C@H]1CC[C@H]2C1. The van der Waals surface area contributed by atoms with Crippen LogP contribution >= 0.6 is 0 Å². The monoisotopic (exact) mass is 167 g/mol. The average molecular weight is 167 g/mol. The van der Waals surface area contributed by atoms with Crippen molar-refractivity contribution in [3.05, 3.63) is 0 Å². The Morgan fingerprint density at radius 1 is 1.33 bits per heavy atom. The maximum absolute atomic E-state index is 6.00. The van der Waals surface area contributed by atoms with E-state index in [0.717, 1.165) is 31.5 Å². The number of rotatable bonds is 0. The fourth-order valence-electron chi connectivity index (χ4n) is 3.46. The molecule has 0 radical (unpaired) electrons. The van der Waals surface area contributed by atoms with Gasteiger partial charge in [0.25, 0.3) is 0 Å². The van der Waals surface area contributed by atoms with E-state index in [4.69, 9.17) is 4.74 Å². The Kier molecular flexibility index (Phi) is 1.50. The minimum Gasteiger partial charge on any atom is -0.372 e. The van der Waals surface area contributed by atoms with E-state index in [1.54, 1.807) is 0 Å². The van der Waals surface area contributed by atoms with E-state index in [9.17, 15) is 0 Å². The number of morpholine rings is 1. The van der Waals surface area contributed by atoms with E-state index in [-0.39, 0.29) is 5.60 Å². The molecule has 3 aliphatic rings. The number of nitrogens with one attached hydrogen (secondary N) is 1. The lowest BCUT2D eigenvalue weighted by Gasteiger charge is -2.41. The Labute approximate surface area is 73.7 Å². The highest BCUT2D eigenvalue weighted by molar-refractivity contribution is 5.04. The van der Waals surface area contributed by atoms with Gasteiger partial charge in [0.1, 0.15) is 0 Å². The third-order valence-corrected chi connectivity index (χ3v) is 4.01. The van der Waals surface area contributed by atoms with Crippen LogP contribution in [0.5, 0.6) is 0 Å². The van der Waals surface area contributed by atoms with Crippen LogP contribution in [0, 0.1) is 11.8 Å². The van der Waals surface area contributed by atoms with Gasteiger partial charge in [-0.15, -0.1) is 0 Å². The van der Waals surface area contributed by atoms with Crippen molar-refractivity contribution in [1.29, 1.82) is 0 Å². The van der Waals surface area contributed by atoms with Crippen molar-refractivity contribution < 1.29 is 4.74 Å². The molecule has 1 N–H and O–H groups in total. The Balaban J connectivity index is 1.81. The second-order valence-corrected chi connectivity index (χ2v) is 4.67. The molecule has 12 heavy (non-hydrogen) atoms. The molecular formula is C10H17NO. The standard InChI is InChI=1S/C10H17NO/c1-2-9-5-8(1)6-10(9)7-11-3-4-12-10/h8-9,11H,1-7H2/t8-,9-,10-/m0/s1. The first-order valence-electron chi connectivity index (χ1n) is 5.24. The minimum atomic E-state index is 0.279. The van der Waals surface area contributed by atoms with Crippen LogP contribution in [-0.4, -0.2) is 25.3 Å². The summed E-state index contributed by atoms with van der Waals surface area (Å²) < 4.78 is 6.00. The van der Waals surface area contributed by atoms with Gasteiger partial charge < -0.3 is 10.1 Å². The highest BCUT2D eigenvalue weighted by Gasteiger charge is 2.52. The smallest absolute Gasteiger partial charge is 0.0837 e. The lowest BCUT2D eigenvalue weighted by Crippen LogP contribution is -2.52. The predicted octanol–water partition coefficient (Wildman–Crippen LogP) is 1.16. The average Bonchev–Trinajstić information content (AvgIpc) is 2.65. The Hall–Kier alpha value is -0.0800. The molecule has 2 saturated carbocycles. The summed E-state index contributed by atoms with van der Waals surface area (Å²) >= 11 is 0. The number of hydrogen-bond donors (Lipinski definition) is 1. The Morgan fingerprint density at radius 3 is 2.92 bits per heavy atom. The van der Waals surface area contributed by atoms with Crippen LogP contribution in [0.2, 0.25) is 0 Å². The highest BCUT2D eigenvalue weighted by atomic mass is 16.5. The normalized spacial score (nSPS) is 52.0. The van der Waals surface area contributed by atoms with Crippen LogP contribution in [0.4, 0.5) is 0 Å². The number of hydrogen-bond acceptors (Lipinski definition) is 2. The van der Waals surface area contributed by atoms with Gasteiger partial charge in [0, 0.05) is 13.1 Å². The Bertz CT molecular complexity index is 186.